The summed E-state index contributed by atoms with van der Waals surface area (Å²) in [6, 6.07) is 4.57. The summed E-state index contributed by atoms with van der Waals surface area (Å²) in [6.07, 6.45) is -5.54. The minimum Gasteiger partial charge on any atom is -0.372 e. The molecule has 0 aromatic heterocycles. The lowest BCUT2D eigenvalue weighted by Gasteiger charge is -2.21. The number of nitrogens with two attached hydrogens (primary N) is 1. The third-order valence-corrected chi connectivity index (χ3v) is 2.36. The lowest BCUT2D eigenvalue weighted by atomic mass is 10.2. The monoisotopic (exact) mass is 250 g/mol. The summed E-state index contributed by atoms with van der Waals surface area (Å²) in [5, 5.41) is 0. The molecular formula is C11H14F4N2. The molecule has 1 unspecified atom stereocenters. The van der Waals surface area contributed by atoms with Gasteiger partial charge in [-0.2, -0.15) is 13.2 Å². The molecule has 1 aromatic rings. The number of nitrogens with zero attached hydrogens (tertiary/aromatic N) is 1. The van der Waals surface area contributed by atoms with Crippen LogP contribution < -0.4 is 10.6 Å². The molecule has 0 bridgehead atoms. The maximum absolute atomic E-state index is 13.0. The van der Waals surface area contributed by atoms with Gasteiger partial charge in [-0.15, -0.1) is 0 Å². The van der Waals surface area contributed by atoms with Crippen molar-refractivity contribution in [3.63, 3.8) is 0 Å². The van der Waals surface area contributed by atoms with E-state index in [0.717, 1.165) is 12.1 Å². The molecule has 0 aliphatic rings. The van der Waals surface area contributed by atoms with E-state index < -0.39 is 17.9 Å². The van der Waals surface area contributed by atoms with Crippen LogP contribution in [0.1, 0.15) is 5.56 Å². The summed E-state index contributed by atoms with van der Waals surface area (Å²) in [6.45, 7) is -0.0488. The molecule has 0 aliphatic heterocycles. The average molecular weight is 250 g/mol. The van der Waals surface area contributed by atoms with Gasteiger partial charge >= 0.3 is 6.18 Å². The van der Waals surface area contributed by atoms with Gasteiger partial charge in [0.15, 0.2) is 0 Å². The van der Waals surface area contributed by atoms with Crippen molar-refractivity contribution in [1.29, 1.82) is 0 Å². The van der Waals surface area contributed by atoms with Crippen molar-refractivity contribution in [3.8, 4) is 0 Å². The molecule has 6 heteroatoms. The van der Waals surface area contributed by atoms with E-state index in [4.69, 9.17) is 5.73 Å². The zero-order chi connectivity index (χ0) is 13.1. The van der Waals surface area contributed by atoms with Gasteiger partial charge in [-0.1, -0.05) is 0 Å². The molecule has 0 amide bonds. The summed E-state index contributed by atoms with van der Waals surface area (Å²) in [4.78, 5) is 1.53. The Bertz CT molecular complexity index is 347. The zero-order valence-corrected chi connectivity index (χ0v) is 9.34. The molecule has 0 heterocycles. The van der Waals surface area contributed by atoms with E-state index in [1.165, 1.54) is 17.0 Å². The highest BCUT2D eigenvalue weighted by atomic mass is 19.4. The van der Waals surface area contributed by atoms with Gasteiger partial charge in [0.1, 0.15) is 6.17 Å². The first-order valence-electron chi connectivity index (χ1n) is 5.07. The number of hydrogen-bond donors (Lipinski definition) is 1. The number of halogens is 4. The molecule has 0 saturated carbocycles. The minimum atomic E-state index is -4.35. The Morgan fingerprint density at radius 2 is 1.76 bits per heavy atom. The molecule has 0 saturated heterocycles. The molecule has 0 radical (unpaired) electrons. The number of alkyl halides is 4. The number of hydrogen-bond acceptors (Lipinski definition) is 2. The first kappa shape index (κ1) is 13.8. The Morgan fingerprint density at radius 3 is 2.18 bits per heavy atom. The molecular weight excluding hydrogens is 236 g/mol. The van der Waals surface area contributed by atoms with Gasteiger partial charge in [0.25, 0.3) is 0 Å². The van der Waals surface area contributed by atoms with Crippen LogP contribution in [0.4, 0.5) is 23.2 Å². The fraction of sp³-hybridized carbons (Fsp3) is 0.455. The first-order valence-corrected chi connectivity index (χ1v) is 5.07. The van der Waals surface area contributed by atoms with Gasteiger partial charge in [-0.05, 0) is 24.3 Å². The lowest BCUT2D eigenvalue weighted by molar-refractivity contribution is -0.137. The van der Waals surface area contributed by atoms with Crippen LogP contribution in [0, 0.1) is 0 Å². The third-order valence-electron chi connectivity index (χ3n) is 2.36. The van der Waals surface area contributed by atoms with E-state index in [1.807, 2.05) is 0 Å². The van der Waals surface area contributed by atoms with Gasteiger partial charge in [0.2, 0.25) is 0 Å². The molecule has 0 spiro atoms. The van der Waals surface area contributed by atoms with Crippen molar-refractivity contribution < 1.29 is 17.6 Å². The fourth-order valence-corrected chi connectivity index (χ4v) is 1.38. The highest BCUT2D eigenvalue weighted by molar-refractivity contribution is 5.47. The molecule has 2 nitrogen and oxygen atoms in total. The molecule has 0 aliphatic carbocycles. The fourth-order valence-electron chi connectivity index (χ4n) is 1.38. The molecule has 17 heavy (non-hydrogen) atoms. The normalized spacial score (nSPS) is 13.5. The van der Waals surface area contributed by atoms with Crippen molar-refractivity contribution in [2.45, 2.75) is 12.3 Å². The van der Waals surface area contributed by atoms with Crippen LogP contribution in [0.15, 0.2) is 24.3 Å². The molecule has 96 valence electrons. The van der Waals surface area contributed by atoms with Crippen LogP contribution >= 0.6 is 0 Å². The topological polar surface area (TPSA) is 29.3 Å². The van der Waals surface area contributed by atoms with Crippen molar-refractivity contribution >= 4 is 5.69 Å². The van der Waals surface area contributed by atoms with E-state index in [0.29, 0.717) is 5.69 Å². The molecule has 0 fully saturated rings. The summed E-state index contributed by atoms with van der Waals surface area (Å²) in [5.74, 6) is 0. The van der Waals surface area contributed by atoms with Crippen LogP contribution in [0.2, 0.25) is 0 Å². The van der Waals surface area contributed by atoms with Crippen molar-refractivity contribution in [3.05, 3.63) is 29.8 Å². The smallest absolute Gasteiger partial charge is 0.372 e. The molecule has 2 N–H and O–H groups in total. The van der Waals surface area contributed by atoms with Crippen molar-refractivity contribution in [2.75, 3.05) is 25.0 Å². The highest BCUT2D eigenvalue weighted by Gasteiger charge is 2.30. The summed E-state index contributed by atoms with van der Waals surface area (Å²) < 4.78 is 49.9. The van der Waals surface area contributed by atoms with Gasteiger partial charge in [-0.3, -0.25) is 0 Å². The van der Waals surface area contributed by atoms with Crippen LogP contribution in [-0.4, -0.2) is 26.3 Å². The standard InChI is InChI=1S/C11H14F4N2/c1-17(7-9(12)6-16)10-4-2-8(3-5-10)11(13,14)15/h2-5,9H,6-7,16H2,1H3. The molecule has 1 aromatic carbocycles. The van der Waals surface area contributed by atoms with Crippen LogP contribution in [-0.2, 0) is 6.18 Å². The second-order valence-corrected chi connectivity index (χ2v) is 3.76. The first-order chi connectivity index (χ1) is 7.84. The van der Waals surface area contributed by atoms with E-state index in [9.17, 15) is 17.6 Å². The Balaban J connectivity index is 2.74. The minimum absolute atomic E-state index is 0.0574. The summed E-state index contributed by atoms with van der Waals surface area (Å²) >= 11 is 0. The zero-order valence-electron chi connectivity index (χ0n) is 9.34. The van der Waals surface area contributed by atoms with E-state index in [1.54, 1.807) is 7.05 Å². The number of benzene rings is 1. The third kappa shape index (κ3) is 3.89. The van der Waals surface area contributed by atoms with Crippen LogP contribution in [0.3, 0.4) is 0 Å². The van der Waals surface area contributed by atoms with Gasteiger partial charge in [0, 0.05) is 19.3 Å². The highest BCUT2D eigenvalue weighted by Crippen LogP contribution is 2.30. The van der Waals surface area contributed by atoms with E-state index in [-0.39, 0.29) is 13.1 Å². The molecule has 1 atom stereocenters. The Kier molecular flexibility index (Phi) is 4.34. The SMILES string of the molecule is CN(CC(F)CN)c1ccc(C(F)(F)F)cc1. The maximum atomic E-state index is 13.0. The Labute approximate surface area is 97.0 Å². The van der Waals surface area contributed by atoms with Crippen LogP contribution in [0.25, 0.3) is 0 Å². The quantitative estimate of drug-likeness (QED) is 0.832. The van der Waals surface area contributed by atoms with Crippen molar-refractivity contribution in [2.24, 2.45) is 5.73 Å². The maximum Gasteiger partial charge on any atom is 0.416 e. The lowest BCUT2D eigenvalue weighted by Crippen LogP contribution is -2.31. The van der Waals surface area contributed by atoms with E-state index in [2.05, 4.69) is 0 Å². The largest absolute Gasteiger partial charge is 0.416 e. The number of rotatable bonds is 4. The van der Waals surface area contributed by atoms with Crippen molar-refractivity contribution in [1.82, 2.24) is 0 Å². The van der Waals surface area contributed by atoms with Gasteiger partial charge in [0.05, 0.1) is 12.1 Å². The second-order valence-electron chi connectivity index (χ2n) is 3.76. The Hall–Kier alpha value is -1.30. The van der Waals surface area contributed by atoms with Crippen LogP contribution in [0.5, 0.6) is 0 Å². The number of anilines is 1. The van der Waals surface area contributed by atoms with Gasteiger partial charge < -0.3 is 10.6 Å². The molecule has 1 rings (SSSR count). The average Bonchev–Trinajstić information content (AvgIpc) is 2.27. The van der Waals surface area contributed by atoms with E-state index >= 15 is 0 Å². The van der Waals surface area contributed by atoms with Gasteiger partial charge in [-0.25, -0.2) is 4.39 Å². The summed E-state index contributed by atoms with van der Waals surface area (Å²) in [7, 11) is 1.60. The predicted octanol–water partition coefficient (Wildman–Crippen LogP) is 2.44. The second kappa shape index (κ2) is 5.35. The Morgan fingerprint density at radius 1 is 1.24 bits per heavy atom. The predicted molar refractivity (Wildman–Crippen MR) is 58.7 cm³/mol. The summed E-state index contributed by atoms with van der Waals surface area (Å²) in [5.41, 5.74) is 4.93.